The van der Waals surface area contributed by atoms with E-state index in [4.69, 9.17) is 29.3 Å². The molecular weight excluding hydrogens is 332 g/mol. The fourth-order valence-corrected chi connectivity index (χ4v) is 2.22. The SMILES string of the molecule is COc1ccc(NC(=O)C2CCCCN2)cc1OC.O=C(O)C(=O)O. The lowest BCUT2D eigenvalue weighted by Crippen LogP contribution is -2.43. The van der Waals surface area contributed by atoms with Crippen LogP contribution < -0.4 is 20.1 Å². The molecule has 1 heterocycles. The molecule has 1 amide bonds. The molecule has 9 nitrogen and oxygen atoms in total. The maximum Gasteiger partial charge on any atom is 0.414 e. The number of hydrogen-bond donors (Lipinski definition) is 4. The van der Waals surface area contributed by atoms with Crippen LogP contribution in [-0.2, 0) is 14.4 Å². The third-order valence-electron chi connectivity index (χ3n) is 3.46. The second-order valence-electron chi connectivity index (χ2n) is 5.17. The number of carbonyl (C=O) groups is 3. The molecule has 4 N–H and O–H groups in total. The minimum atomic E-state index is -1.82. The quantitative estimate of drug-likeness (QED) is 0.587. The van der Waals surface area contributed by atoms with Crippen LogP contribution in [0.5, 0.6) is 11.5 Å². The van der Waals surface area contributed by atoms with Crippen molar-refractivity contribution in [1.29, 1.82) is 0 Å². The lowest BCUT2D eigenvalue weighted by molar-refractivity contribution is -0.159. The molecule has 25 heavy (non-hydrogen) atoms. The van der Waals surface area contributed by atoms with E-state index in [2.05, 4.69) is 10.6 Å². The van der Waals surface area contributed by atoms with Gasteiger partial charge in [0.2, 0.25) is 5.91 Å². The molecule has 0 saturated carbocycles. The second-order valence-corrected chi connectivity index (χ2v) is 5.17. The number of carboxylic acids is 2. The van der Waals surface area contributed by atoms with Gasteiger partial charge in [0.15, 0.2) is 11.5 Å². The highest BCUT2D eigenvalue weighted by Gasteiger charge is 2.20. The highest BCUT2D eigenvalue weighted by Crippen LogP contribution is 2.29. The first-order chi connectivity index (χ1) is 11.9. The summed E-state index contributed by atoms with van der Waals surface area (Å²) in [5.41, 5.74) is 0.718. The molecule has 138 valence electrons. The number of hydrogen-bond acceptors (Lipinski definition) is 6. The molecule has 0 aromatic heterocycles. The van der Waals surface area contributed by atoms with Crippen LogP contribution in [0.2, 0.25) is 0 Å². The Kier molecular flexibility index (Phi) is 8.21. The first-order valence-electron chi connectivity index (χ1n) is 7.61. The molecule has 1 aromatic carbocycles. The maximum absolute atomic E-state index is 12.1. The highest BCUT2D eigenvalue weighted by molar-refractivity contribution is 6.27. The highest BCUT2D eigenvalue weighted by atomic mass is 16.5. The van der Waals surface area contributed by atoms with E-state index in [-0.39, 0.29) is 11.9 Å². The van der Waals surface area contributed by atoms with E-state index in [0.29, 0.717) is 11.5 Å². The van der Waals surface area contributed by atoms with E-state index in [1.807, 2.05) is 6.07 Å². The van der Waals surface area contributed by atoms with Gasteiger partial charge in [0.1, 0.15) is 0 Å². The minimum absolute atomic E-state index is 0.00641. The summed E-state index contributed by atoms with van der Waals surface area (Å²) in [6, 6.07) is 5.26. The zero-order valence-electron chi connectivity index (χ0n) is 14.1. The van der Waals surface area contributed by atoms with Crippen LogP contribution >= 0.6 is 0 Å². The second kappa shape index (κ2) is 10.1. The van der Waals surface area contributed by atoms with Gasteiger partial charge in [-0.05, 0) is 31.5 Å². The Balaban J connectivity index is 0.000000450. The van der Waals surface area contributed by atoms with Crippen LogP contribution in [0, 0.1) is 0 Å². The molecule has 9 heteroatoms. The van der Waals surface area contributed by atoms with Crippen molar-refractivity contribution in [2.24, 2.45) is 0 Å². The van der Waals surface area contributed by atoms with Gasteiger partial charge in [0, 0.05) is 11.8 Å². The van der Waals surface area contributed by atoms with E-state index in [9.17, 15) is 4.79 Å². The van der Waals surface area contributed by atoms with Crippen molar-refractivity contribution in [3.63, 3.8) is 0 Å². The Bertz CT molecular complexity index is 601. The minimum Gasteiger partial charge on any atom is -0.493 e. The van der Waals surface area contributed by atoms with Gasteiger partial charge >= 0.3 is 11.9 Å². The van der Waals surface area contributed by atoms with E-state index in [0.717, 1.165) is 31.5 Å². The van der Waals surface area contributed by atoms with Crippen molar-refractivity contribution in [2.75, 3.05) is 26.1 Å². The van der Waals surface area contributed by atoms with Gasteiger partial charge in [-0.2, -0.15) is 0 Å². The molecule has 0 spiro atoms. The zero-order valence-corrected chi connectivity index (χ0v) is 14.1. The Hall–Kier alpha value is -2.81. The molecule has 1 atom stereocenters. The summed E-state index contributed by atoms with van der Waals surface area (Å²) in [5, 5.41) is 20.9. The number of rotatable bonds is 4. The van der Waals surface area contributed by atoms with Gasteiger partial charge in [-0.3, -0.25) is 4.79 Å². The van der Waals surface area contributed by atoms with Gasteiger partial charge < -0.3 is 30.3 Å². The summed E-state index contributed by atoms with van der Waals surface area (Å²) in [6.45, 7) is 0.907. The summed E-state index contributed by atoms with van der Waals surface area (Å²) in [5.74, 6) is -2.38. The van der Waals surface area contributed by atoms with Crippen LogP contribution in [0.15, 0.2) is 18.2 Å². The lowest BCUT2D eigenvalue weighted by Gasteiger charge is -2.22. The number of aliphatic carboxylic acids is 2. The fourth-order valence-electron chi connectivity index (χ4n) is 2.22. The standard InChI is InChI=1S/C14H20N2O3.C2H2O4/c1-18-12-7-6-10(9-13(12)19-2)16-14(17)11-5-3-4-8-15-11;3-1(4)2(5)6/h6-7,9,11,15H,3-5,8H2,1-2H3,(H,16,17);(H,3,4)(H,5,6). The monoisotopic (exact) mass is 354 g/mol. The molecular formula is C16H22N2O7. The number of carbonyl (C=O) groups excluding carboxylic acids is 1. The topological polar surface area (TPSA) is 134 Å². The van der Waals surface area contributed by atoms with Gasteiger partial charge in [-0.1, -0.05) is 6.42 Å². The average Bonchev–Trinajstić information content (AvgIpc) is 2.62. The largest absolute Gasteiger partial charge is 0.493 e. The molecule has 0 aliphatic carbocycles. The number of anilines is 1. The first kappa shape index (κ1) is 20.2. The number of nitrogens with one attached hydrogen (secondary N) is 2. The summed E-state index contributed by atoms with van der Waals surface area (Å²) >= 11 is 0. The number of amides is 1. The normalized spacial score (nSPS) is 16.0. The van der Waals surface area contributed by atoms with Crippen molar-refractivity contribution in [1.82, 2.24) is 5.32 Å². The van der Waals surface area contributed by atoms with E-state index < -0.39 is 11.9 Å². The molecule has 0 radical (unpaired) electrons. The molecule has 1 aliphatic rings. The summed E-state index contributed by atoms with van der Waals surface area (Å²) < 4.78 is 10.4. The molecule has 1 aliphatic heterocycles. The predicted molar refractivity (Wildman–Crippen MR) is 89.1 cm³/mol. The van der Waals surface area contributed by atoms with E-state index >= 15 is 0 Å². The fraction of sp³-hybridized carbons (Fsp3) is 0.438. The van der Waals surface area contributed by atoms with Crippen LogP contribution in [0.1, 0.15) is 19.3 Å². The molecule has 0 bridgehead atoms. The van der Waals surface area contributed by atoms with Crippen molar-refractivity contribution in [3.8, 4) is 11.5 Å². The summed E-state index contributed by atoms with van der Waals surface area (Å²) in [4.78, 5) is 30.3. The number of ether oxygens (including phenoxy) is 2. The first-order valence-corrected chi connectivity index (χ1v) is 7.61. The van der Waals surface area contributed by atoms with Crippen molar-refractivity contribution in [3.05, 3.63) is 18.2 Å². The number of carboxylic acid groups (broad SMARTS) is 2. The van der Waals surface area contributed by atoms with Gasteiger partial charge in [0.05, 0.1) is 20.3 Å². The third kappa shape index (κ3) is 6.68. The zero-order chi connectivity index (χ0) is 18.8. The predicted octanol–water partition coefficient (Wildman–Crippen LogP) is 0.940. The summed E-state index contributed by atoms with van der Waals surface area (Å²) in [7, 11) is 3.16. The smallest absolute Gasteiger partial charge is 0.414 e. The number of benzene rings is 1. The maximum atomic E-state index is 12.1. The van der Waals surface area contributed by atoms with Gasteiger partial charge in [-0.15, -0.1) is 0 Å². The van der Waals surface area contributed by atoms with Crippen LogP contribution in [0.3, 0.4) is 0 Å². The van der Waals surface area contributed by atoms with Crippen molar-refractivity contribution >= 4 is 23.5 Å². The third-order valence-corrected chi connectivity index (χ3v) is 3.46. The lowest BCUT2D eigenvalue weighted by atomic mass is 10.0. The Morgan fingerprint density at radius 3 is 2.20 bits per heavy atom. The van der Waals surface area contributed by atoms with E-state index in [1.54, 1.807) is 26.4 Å². The van der Waals surface area contributed by atoms with Crippen LogP contribution in [0.25, 0.3) is 0 Å². The number of methoxy groups -OCH3 is 2. The average molecular weight is 354 g/mol. The van der Waals surface area contributed by atoms with E-state index in [1.165, 1.54) is 0 Å². The molecule has 2 rings (SSSR count). The van der Waals surface area contributed by atoms with Crippen LogP contribution in [0.4, 0.5) is 5.69 Å². The van der Waals surface area contributed by atoms with Crippen molar-refractivity contribution < 1.29 is 34.1 Å². The Morgan fingerprint density at radius 1 is 1.08 bits per heavy atom. The number of piperidine rings is 1. The van der Waals surface area contributed by atoms with Gasteiger partial charge in [-0.25, -0.2) is 9.59 Å². The Labute approximate surface area is 144 Å². The van der Waals surface area contributed by atoms with Gasteiger partial charge in [0.25, 0.3) is 0 Å². The Morgan fingerprint density at radius 2 is 1.72 bits per heavy atom. The van der Waals surface area contributed by atoms with Crippen LogP contribution in [-0.4, -0.2) is 54.9 Å². The molecule has 1 fully saturated rings. The molecule has 1 aromatic rings. The molecule has 1 saturated heterocycles. The molecule has 1 unspecified atom stereocenters. The van der Waals surface area contributed by atoms with Crippen molar-refractivity contribution in [2.45, 2.75) is 25.3 Å². The summed E-state index contributed by atoms with van der Waals surface area (Å²) in [6.07, 6.45) is 3.12.